The van der Waals surface area contributed by atoms with Crippen molar-refractivity contribution >= 4 is 34.9 Å². The lowest BCUT2D eigenvalue weighted by Gasteiger charge is -2.18. The fourth-order valence-electron chi connectivity index (χ4n) is 2.94. The summed E-state index contributed by atoms with van der Waals surface area (Å²) < 4.78 is 3.10. The SMILES string of the molecule is CC1CCCC1n1c(=S)[nH]c2cc(Cl)ccc21. The minimum atomic E-state index is 0.539. The van der Waals surface area contributed by atoms with Gasteiger partial charge in [-0.25, -0.2) is 0 Å². The number of imidazole rings is 1. The Morgan fingerprint density at radius 1 is 1.41 bits per heavy atom. The molecule has 1 aliphatic carbocycles. The van der Waals surface area contributed by atoms with Crippen LogP contribution in [0.1, 0.15) is 32.2 Å². The predicted octanol–water partition coefficient (Wildman–Crippen LogP) is 4.71. The molecule has 1 heterocycles. The van der Waals surface area contributed by atoms with Gasteiger partial charge in [-0.05, 0) is 49.2 Å². The van der Waals surface area contributed by atoms with Crippen molar-refractivity contribution < 1.29 is 0 Å². The minimum absolute atomic E-state index is 0.539. The van der Waals surface area contributed by atoms with Crippen molar-refractivity contribution in [3.8, 4) is 0 Å². The maximum atomic E-state index is 6.01. The molecule has 2 nitrogen and oxygen atoms in total. The molecule has 1 aromatic heterocycles. The van der Waals surface area contributed by atoms with E-state index in [0.29, 0.717) is 12.0 Å². The largest absolute Gasteiger partial charge is 0.331 e. The van der Waals surface area contributed by atoms with Gasteiger partial charge in [0.1, 0.15) is 0 Å². The number of hydrogen-bond donors (Lipinski definition) is 1. The fourth-order valence-corrected chi connectivity index (χ4v) is 3.46. The van der Waals surface area contributed by atoms with Gasteiger partial charge in [0.05, 0.1) is 11.0 Å². The van der Waals surface area contributed by atoms with Crippen LogP contribution in [0.15, 0.2) is 18.2 Å². The van der Waals surface area contributed by atoms with E-state index in [9.17, 15) is 0 Å². The van der Waals surface area contributed by atoms with E-state index >= 15 is 0 Å². The van der Waals surface area contributed by atoms with Crippen molar-refractivity contribution in [1.82, 2.24) is 9.55 Å². The van der Waals surface area contributed by atoms with Crippen LogP contribution in [0, 0.1) is 10.7 Å². The number of aromatic amines is 1. The summed E-state index contributed by atoms with van der Waals surface area (Å²) in [6, 6.07) is 6.48. The normalized spacial score (nSPS) is 24.6. The second kappa shape index (κ2) is 4.14. The lowest BCUT2D eigenvalue weighted by Crippen LogP contribution is -2.11. The first kappa shape index (κ1) is 11.3. The lowest BCUT2D eigenvalue weighted by atomic mass is 10.1. The zero-order valence-corrected chi connectivity index (χ0v) is 11.3. The molecule has 90 valence electrons. The first-order chi connectivity index (χ1) is 8.16. The average molecular weight is 267 g/mol. The van der Waals surface area contributed by atoms with Crippen LogP contribution in [-0.2, 0) is 0 Å². The highest BCUT2D eigenvalue weighted by Crippen LogP contribution is 2.37. The van der Waals surface area contributed by atoms with Crippen molar-refractivity contribution in [2.45, 2.75) is 32.2 Å². The lowest BCUT2D eigenvalue weighted by molar-refractivity contribution is 0.413. The third-order valence-electron chi connectivity index (χ3n) is 3.83. The standard InChI is InChI=1S/C13H15ClN2S/c1-8-3-2-4-11(8)16-12-6-5-9(14)7-10(12)15-13(16)17/h5-8,11H,2-4H2,1H3,(H,15,17). The summed E-state index contributed by atoms with van der Waals surface area (Å²) in [6.07, 6.45) is 3.83. The van der Waals surface area contributed by atoms with Gasteiger partial charge in [0.2, 0.25) is 0 Å². The van der Waals surface area contributed by atoms with Gasteiger partial charge < -0.3 is 9.55 Å². The number of nitrogens with one attached hydrogen (secondary N) is 1. The van der Waals surface area contributed by atoms with Crippen LogP contribution in [0.25, 0.3) is 11.0 Å². The Morgan fingerprint density at radius 2 is 2.24 bits per heavy atom. The molecule has 3 rings (SSSR count). The Morgan fingerprint density at radius 3 is 2.94 bits per heavy atom. The van der Waals surface area contributed by atoms with E-state index in [1.165, 1.54) is 24.8 Å². The van der Waals surface area contributed by atoms with Gasteiger partial charge in [-0.1, -0.05) is 24.9 Å². The second-order valence-corrected chi connectivity index (χ2v) is 5.76. The molecule has 0 saturated heterocycles. The molecule has 2 unspecified atom stereocenters. The number of benzene rings is 1. The molecule has 2 atom stereocenters. The number of H-pyrrole nitrogens is 1. The molecular weight excluding hydrogens is 252 g/mol. The molecule has 1 N–H and O–H groups in total. The van der Waals surface area contributed by atoms with Gasteiger partial charge in [0, 0.05) is 11.1 Å². The number of halogens is 1. The Hall–Kier alpha value is -0.800. The van der Waals surface area contributed by atoms with Crippen LogP contribution in [0.3, 0.4) is 0 Å². The van der Waals surface area contributed by atoms with E-state index in [0.717, 1.165) is 15.3 Å². The maximum absolute atomic E-state index is 6.01. The fraction of sp³-hybridized carbons (Fsp3) is 0.462. The molecule has 17 heavy (non-hydrogen) atoms. The van der Waals surface area contributed by atoms with Gasteiger partial charge in [-0.15, -0.1) is 0 Å². The van der Waals surface area contributed by atoms with E-state index in [1.807, 2.05) is 12.1 Å². The van der Waals surface area contributed by atoms with E-state index in [4.69, 9.17) is 23.8 Å². The number of fused-ring (bicyclic) bond motifs is 1. The average Bonchev–Trinajstić information content (AvgIpc) is 2.80. The number of aromatic nitrogens is 2. The molecule has 2 aromatic rings. The highest BCUT2D eigenvalue weighted by Gasteiger charge is 2.26. The van der Waals surface area contributed by atoms with E-state index in [-0.39, 0.29) is 0 Å². The number of hydrogen-bond acceptors (Lipinski definition) is 1. The molecule has 0 spiro atoms. The van der Waals surface area contributed by atoms with Crippen LogP contribution in [-0.4, -0.2) is 9.55 Å². The summed E-state index contributed by atoms with van der Waals surface area (Å²) in [5.41, 5.74) is 2.22. The van der Waals surface area contributed by atoms with E-state index < -0.39 is 0 Å². The minimum Gasteiger partial charge on any atom is -0.331 e. The predicted molar refractivity (Wildman–Crippen MR) is 74.2 cm³/mol. The van der Waals surface area contributed by atoms with Gasteiger partial charge in [0.15, 0.2) is 4.77 Å². The molecule has 1 aliphatic rings. The quantitative estimate of drug-likeness (QED) is 0.741. The monoisotopic (exact) mass is 266 g/mol. The molecule has 0 bridgehead atoms. The van der Waals surface area contributed by atoms with E-state index in [2.05, 4.69) is 22.5 Å². The first-order valence-corrected chi connectivity index (χ1v) is 6.85. The van der Waals surface area contributed by atoms with Crippen molar-refractivity contribution in [1.29, 1.82) is 0 Å². The summed E-state index contributed by atoms with van der Waals surface area (Å²) in [5, 5.41) is 0.750. The van der Waals surface area contributed by atoms with Crippen LogP contribution >= 0.6 is 23.8 Å². The van der Waals surface area contributed by atoms with Crippen molar-refractivity contribution in [2.75, 3.05) is 0 Å². The summed E-state index contributed by atoms with van der Waals surface area (Å²) >= 11 is 11.5. The molecule has 1 fully saturated rings. The Bertz CT molecular complexity index is 613. The molecule has 0 aliphatic heterocycles. The maximum Gasteiger partial charge on any atom is 0.178 e. The van der Waals surface area contributed by atoms with Gasteiger partial charge >= 0.3 is 0 Å². The third-order valence-corrected chi connectivity index (χ3v) is 4.36. The summed E-state index contributed by atoms with van der Waals surface area (Å²) in [5.74, 6) is 0.705. The molecule has 1 aromatic carbocycles. The topological polar surface area (TPSA) is 20.7 Å². The molecule has 1 saturated carbocycles. The Labute approximate surface area is 111 Å². The van der Waals surface area contributed by atoms with Crippen LogP contribution in [0.2, 0.25) is 5.02 Å². The van der Waals surface area contributed by atoms with Crippen LogP contribution < -0.4 is 0 Å². The zero-order valence-electron chi connectivity index (χ0n) is 9.74. The smallest absolute Gasteiger partial charge is 0.178 e. The zero-order chi connectivity index (χ0) is 12.0. The van der Waals surface area contributed by atoms with Gasteiger partial charge in [-0.2, -0.15) is 0 Å². The van der Waals surface area contributed by atoms with Gasteiger partial charge in [0.25, 0.3) is 0 Å². The molecule has 0 radical (unpaired) electrons. The second-order valence-electron chi connectivity index (χ2n) is 4.94. The van der Waals surface area contributed by atoms with Crippen LogP contribution in [0.5, 0.6) is 0 Å². The number of rotatable bonds is 1. The number of nitrogens with zero attached hydrogens (tertiary/aromatic N) is 1. The van der Waals surface area contributed by atoms with Crippen LogP contribution in [0.4, 0.5) is 0 Å². The van der Waals surface area contributed by atoms with Crippen molar-refractivity contribution in [3.63, 3.8) is 0 Å². The van der Waals surface area contributed by atoms with Crippen molar-refractivity contribution in [2.24, 2.45) is 5.92 Å². The Balaban J connectivity index is 2.22. The summed E-state index contributed by atoms with van der Waals surface area (Å²) in [7, 11) is 0. The Kier molecular flexibility index (Phi) is 2.75. The first-order valence-electron chi connectivity index (χ1n) is 6.06. The van der Waals surface area contributed by atoms with Crippen molar-refractivity contribution in [3.05, 3.63) is 28.0 Å². The molecular formula is C13H15ClN2S. The van der Waals surface area contributed by atoms with E-state index in [1.54, 1.807) is 0 Å². The van der Waals surface area contributed by atoms with Gasteiger partial charge in [-0.3, -0.25) is 0 Å². The highest BCUT2D eigenvalue weighted by atomic mass is 35.5. The summed E-state index contributed by atoms with van der Waals surface area (Å²) in [6.45, 7) is 2.31. The highest BCUT2D eigenvalue weighted by molar-refractivity contribution is 7.71. The molecule has 4 heteroatoms. The third kappa shape index (κ3) is 1.81. The summed E-state index contributed by atoms with van der Waals surface area (Å²) in [4.78, 5) is 3.26. The molecule has 0 amide bonds.